The van der Waals surface area contributed by atoms with Crippen LogP contribution in [0.25, 0.3) is 0 Å². The number of nitrogens with zero attached hydrogens (tertiary/aromatic N) is 2. The van der Waals surface area contributed by atoms with E-state index in [0.717, 1.165) is 14.2 Å². The Morgan fingerprint density at radius 2 is 1.77 bits per heavy atom. The lowest BCUT2D eigenvalue weighted by Gasteiger charge is -2.36. The number of halogens is 2. The number of hydrogen-bond donors (Lipinski definition) is 1. The minimum absolute atomic E-state index is 0.0154. The molecule has 1 aliphatic rings. The van der Waals surface area contributed by atoms with Gasteiger partial charge in [-0.1, -0.05) is 30.3 Å². The molecule has 1 aliphatic heterocycles. The third kappa shape index (κ3) is 4.94. The first-order valence-corrected chi connectivity index (χ1v) is 10.4. The molecule has 182 valence electrons. The Morgan fingerprint density at radius 1 is 1.11 bits per heavy atom. The molecule has 0 aliphatic carbocycles. The summed E-state index contributed by atoms with van der Waals surface area (Å²) in [5.41, 5.74) is 7.43. The normalized spacial score (nSPS) is 15.7. The molecular formula is C25H23F2N3O5. The minimum Gasteiger partial charge on any atom is -0.488 e. The largest absolute Gasteiger partial charge is 0.488 e. The highest BCUT2D eigenvalue weighted by atomic mass is 19.3. The highest BCUT2D eigenvalue weighted by Crippen LogP contribution is 2.44. The summed E-state index contributed by atoms with van der Waals surface area (Å²) in [6.45, 7) is 0.849. The van der Waals surface area contributed by atoms with Gasteiger partial charge in [0.05, 0.1) is 43.0 Å². The number of aryl methyl sites for hydroxylation is 1. The van der Waals surface area contributed by atoms with Gasteiger partial charge in [0.25, 0.3) is 6.43 Å². The number of benzene rings is 2. The quantitative estimate of drug-likeness (QED) is 0.595. The monoisotopic (exact) mass is 483 g/mol. The van der Waals surface area contributed by atoms with Gasteiger partial charge in [0.15, 0.2) is 0 Å². The Morgan fingerprint density at radius 3 is 2.31 bits per heavy atom. The Balaban J connectivity index is 2.30. The Hall–Kier alpha value is -4.39. The summed E-state index contributed by atoms with van der Waals surface area (Å²) >= 11 is 0. The van der Waals surface area contributed by atoms with Crippen LogP contribution in [0.3, 0.4) is 0 Å². The molecule has 2 aromatic carbocycles. The van der Waals surface area contributed by atoms with Gasteiger partial charge in [-0.05, 0) is 36.2 Å². The molecule has 8 nitrogen and oxygen atoms in total. The Labute approximate surface area is 200 Å². The van der Waals surface area contributed by atoms with Gasteiger partial charge in [-0.25, -0.2) is 18.4 Å². The standard InChI is InChI=1S/C25H23F2N3O5/c1-14-11-16(35-13-19(26)27)9-10-18(14)30-22(25(32)34-3)21(24(31)33-2)20(17(12-28)23(30)29)15-7-5-4-6-8-15/h4-11,19-20H,13,29H2,1-3H3. The van der Waals surface area contributed by atoms with Crippen molar-refractivity contribution in [3.05, 3.63) is 82.3 Å². The molecule has 0 saturated carbocycles. The lowest BCUT2D eigenvalue weighted by Crippen LogP contribution is -2.41. The number of anilines is 1. The summed E-state index contributed by atoms with van der Waals surface area (Å²) in [6, 6.07) is 15.1. The van der Waals surface area contributed by atoms with Crippen molar-refractivity contribution in [3.8, 4) is 11.8 Å². The average molecular weight is 483 g/mol. The summed E-state index contributed by atoms with van der Waals surface area (Å²) in [5.74, 6) is -2.65. The van der Waals surface area contributed by atoms with Crippen LogP contribution in [0.15, 0.2) is 71.2 Å². The van der Waals surface area contributed by atoms with Gasteiger partial charge in [0.1, 0.15) is 23.9 Å². The van der Waals surface area contributed by atoms with Gasteiger partial charge in [0, 0.05) is 0 Å². The molecule has 2 aromatic rings. The fraction of sp³-hybridized carbons (Fsp3) is 0.240. The van der Waals surface area contributed by atoms with Crippen LogP contribution in [0.2, 0.25) is 0 Å². The van der Waals surface area contributed by atoms with Crippen molar-refractivity contribution < 1.29 is 32.6 Å². The second kappa shape index (κ2) is 10.7. The summed E-state index contributed by atoms with van der Waals surface area (Å²) in [5, 5.41) is 10.1. The van der Waals surface area contributed by atoms with Crippen molar-refractivity contribution in [1.29, 1.82) is 5.26 Å². The van der Waals surface area contributed by atoms with Crippen LogP contribution in [0, 0.1) is 18.3 Å². The van der Waals surface area contributed by atoms with Crippen molar-refractivity contribution in [1.82, 2.24) is 0 Å². The Kier molecular flexibility index (Phi) is 7.71. The summed E-state index contributed by atoms with van der Waals surface area (Å²) in [6.07, 6.45) is -2.65. The van der Waals surface area contributed by atoms with Crippen LogP contribution < -0.4 is 15.4 Å². The number of rotatable bonds is 7. The van der Waals surface area contributed by atoms with Crippen molar-refractivity contribution in [3.63, 3.8) is 0 Å². The first-order valence-electron chi connectivity index (χ1n) is 10.4. The molecule has 1 atom stereocenters. The topological polar surface area (TPSA) is 115 Å². The molecular weight excluding hydrogens is 460 g/mol. The van der Waals surface area contributed by atoms with Gasteiger partial charge in [-0.15, -0.1) is 0 Å². The van der Waals surface area contributed by atoms with Crippen LogP contribution in [0.5, 0.6) is 5.75 Å². The molecule has 3 rings (SSSR count). The molecule has 0 fully saturated rings. The number of hydrogen-bond acceptors (Lipinski definition) is 8. The van der Waals surface area contributed by atoms with E-state index in [1.165, 1.54) is 23.1 Å². The number of carbonyl (C=O) groups is 2. The molecule has 0 spiro atoms. The molecule has 0 saturated heterocycles. The molecule has 0 radical (unpaired) electrons. The number of carbonyl (C=O) groups excluding carboxylic acids is 2. The number of nitriles is 1. The number of nitrogens with two attached hydrogens (primary N) is 1. The van der Waals surface area contributed by atoms with E-state index in [4.69, 9.17) is 19.9 Å². The summed E-state index contributed by atoms with van der Waals surface area (Å²) < 4.78 is 40.1. The third-order valence-electron chi connectivity index (χ3n) is 5.40. The van der Waals surface area contributed by atoms with E-state index in [9.17, 15) is 23.6 Å². The van der Waals surface area contributed by atoms with E-state index < -0.39 is 30.9 Å². The number of methoxy groups -OCH3 is 2. The Bertz CT molecular complexity index is 1240. The smallest absolute Gasteiger partial charge is 0.355 e. The van der Waals surface area contributed by atoms with Crippen molar-refractivity contribution in [2.75, 3.05) is 25.7 Å². The number of esters is 2. The maximum atomic E-state index is 13.1. The molecule has 35 heavy (non-hydrogen) atoms. The molecule has 1 heterocycles. The summed E-state index contributed by atoms with van der Waals surface area (Å²) in [4.78, 5) is 27.3. The fourth-order valence-corrected chi connectivity index (χ4v) is 3.89. The lowest BCUT2D eigenvalue weighted by molar-refractivity contribution is -0.139. The van der Waals surface area contributed by atoms with Crippen molar-refractivity contribution in [2.45, 2.75) is 19.3 Å². The van der Waals surface area contributed by atoms with Crippen molar-refractivity contribution >= 4 is 17.6 Å². The zero-order valence-electron chi connectivity index (χ0n) is 19.2. The van der Waals surface area contributed by atoms with Gasteiger partial charge in [0.2, 0.25) is 0 Å². The molecule has 0 bridgehead atoms. The predicted molar refractivity (Wildman–Crippen MR) is 122 cm³/mol. The maximum Gasteiger partial charge on any atom is 0.355 e. The van der Waals surface area contributed by atoms with Crippen LogP contribution in [-0.4, -0.2) is 39.2 Å². The minimum atomic E-state index is -2.65. The highest BCUT2D eigenvalue weighted by molar-refractivity contribution is 6.06. The van der Waals surface area contributed by atoms with E-state index >= 15 is 0 Å². The lowest BCUT2D eigenvalue weighted by atomic mass is 9.80. The van der Waals surface area contributed by atoms with Crippen LogP contribution >= 0.6 is 0 Å². The van der Waals surface area contributed by atoms with E-state index in [1.807, 2.05) is 0 Å². The van der Waals surface area contributed by atoms with Crippen LogP contribution in [0.4, 0.5) is 14.5 Å². The van der Waals surface area contributed by atoms with Gasteiger partial charge in [-0.2, -0.15) is 5.26 Å². The molecule has 0 amide bonds. The number of ether oxygens (including phenoxy) is 3. The third-order valence-corrected chi connectivity index (χ3v) is 5.40. The maximum absolute atomic E-state index is 13.1. The second-order valence-corrected chi connectivity index (χ2v) is 7.49. The molecule has 0 aromatic heterocycles. The fourth-order valence-electron chi connectivity index (χ4n) is 3.89. The molecule has 1 unspecified atom stereocenters. The zero-order chi connectivity index (χ0) is 25.7. The van der Waals surface area contributed by atoms with E-state index in [2.05, 4.69) is 6.07 Å². The number of allylic oxidation sites excluding steroid dienone is 1. The van der Waals surface area contributed by atoms with Gasteiger partial charge < -0.3 is 19.9 Å². The first kappa shape index (κ1) is 25.2. The van der Waals surface area contributed by atoms with Crippen molar-refractivity contribution in [2.24, 2.45) is 5.73 Å². The molecule has 10 heteroatoms. The van der Waals surface area contributed by atoms with Crippen LogP contribution in [-0.2, 0) is 19.1 Å². The number of alkyl halides is 2. The van der Waals surface area contributed by atoms with E-state index in [-0.39, 0.29) is 28.4 Å². The SMILES string of the molecule is COC(=O)C1=C(C(=O)OC)N(c2ccc(OCC(F)F)cc2C)C(N)=C(C#N)C1c1ccccc1. The average Bonchev–Trinajstić information content (AvgIpc) is 2.86. The highest BCUT2D eigenvalue weighted by Gasteiger charge is 2.43. The molecule has 2 N–H and O–H groups in total. The van der Waals surface area contributed by atoms with Gasteiger partial charge >= 0.3 is 11.9 Å². The van der Waals surface area contributed by atoms with Gasteiger partial charge in [-0.3, -0.25) is 4.90 Å². The predicted octanol–water partition coefficient (Wildman–Crippen LogP) is 3.54. The summed E-state index contributed by atoms with van der Waals surface area (Å²) in [7, 11) is 2.30. The zero-order valence-corrected chi connectivity index (χ0v) is 19.2. The first-order chi connectivity index (χ1) is 16.7. The second-order valence-electron chi connectivity index (χ2n) is 7.49. The van der Waals surface area contributed by atoms with E-state index in [1.54, 1.807) is 37.3 Å². The van der Waals surface area contributed by atoms with E-state index in [0.29, 0.717) is 16.8 Å². The van der Waals surface area contributed by atoms with Crippen LogP contribution in [0.1, 0.15) is 17.0 Å².